The van der Waals surface area contributed by atoms with E-state index in [2.05, 4.69) is 37.2 Å². The Morgan fingerprint density at radius 3 is 2.33 bits per heavy atom. The van der Waals surface area contributed by atoms with E-state index in [0.29, 0.717) is 12.1 Å². The van der Waals surface area contributed by atoms with Crippen molar-refractivity contribution in [3.8, 4) is 0 Å². The van der Waals surface area contributed by atoms with Gasteiger partial charge in [-0.15, -0.1) is 0 Å². The van der Waals surface area contributed by atoms with Crippen LogP contribution in [0.25, 0.3) is 0 Å². The molecule has 1 N–H and O–H groups in total. The van der Waals surface area contributed by atoms with Gasteiger partial charge < -0.3 is 9.88 Å². The lowest BCUT2D eigenvalue weighted by Gasteiger charge is -2.07. The number of rotatable bonds is 4. The van der Waals surface area contributed by atoms with E-state index >= 15 is 0 Å². The van der Waals surface area contributed by atoms with E-state index in [1.165, 1.54) is 0 Å². The minimum Gasteiger partial charge on any atom is -0.353 e. The molecule has 1 amide bonds. The van der Waals surface area contributed by atoms with Crippen LogP contribution in [0.4, 0.5) is 0 Å². The molecule has 2 aromatic rings. The molecule has 0 fully saturated rings. The number of benzene rings is 1. The molecule has 0 radical (unpaired) electrons. The van der Waals surface area contributed by atoms with Crippen LogP contribution in [-0.2, 0) is 6.54 Å². The molecule has 0 spiro atoms. The molecule has 0 saturated heterocycles. The first-order valence-electron chi connectivity index (χ1n) is 5.50. The lowest BCUT2D eigenvalue weighted by molar-refractivity contribution is 0.0952. The van der Waals surface area contributed by atoms with Crippen molar-refractivity contribution >= 4 is 37.8 Å². The molecular formula is C13H12Br2N2O. The quantitative estimate of drug-likeness (QED) is 0.877. The normalized spacial score (nSPS) is 10.3. The minimum atomic E-state index is -0.0656. The standard InChI is InChI=1S/C13H12Br2N2O/c14-11-7-10(8-12(15)9-11)13(18)16-3-6-17-4-1-2-5-17/h1-2,4-5,7-9H,3,6H2,(H,16,18). The number of amides is 1. The second-order valence-electron chi connectivity index (χ2n) is 3.83. The Morgan fingerprint density at radius 1 is 1.11 bits per heavy atom. The zero-order chi connectivity index (χ0) is 13.0. The van der Waals surface area contributed by atoms with Gasteiger partial charge in [-0.25, -0.2) is 0 Å². The van der Waals surface area contributed by atoms with E-state index < -0.39 is 0 Å². The SMILES string of the molecule is O=C(NCCn1cccc1)c1cc(Br)cc(Br)c1. The maximum Gasteiger partial charge on any atom is 0.251 e. The summed E-state index contributed by atoms with van der Waals surface area (Å²) >= 11 is 6.73. The number of halogens is 2. The number of carbonyl (C=O) groups is 1. The molecule has 0 aliphatic carbocycles. The molecule has 0 atom stereocenters. The van der Waals surface area contributed by atoms with Gasteiger partial charge in [-0.3, -0.25) is 4.79 Å². The molecule has 1 heterocycles. The van der Waals surface area contributed by atoms with Gasteiger partial charge in [0.25, 0.3) is 5.91 Å². The number of nitrogens with zero attached hydrogens (tertiary/aromatic N) is 1. The Hall–Kier alpha value is -1.07. The molecule has 2 rings (SSSR count). The maximum absolute atomic E-state index is 11.9. The van der Waals surface area contributed by atoms with Crippen LogP contribution in [-0.4, -0.2) is 17.0 Å². The highest BCUT2D eigenvalue weighted by atomic mass is 79.9. The maximum atomic E-state index is 11.9. The second kappa shape index (κ2) is 6.20. The third kappa shape index (κ3) is 3.71. The number of aromatic nitrogens is 1. The van der Waals surface area contributed by atoms with E-state index in [9.17, 15) is 4.79 Å². The van der Waals surface area contributed by atoms with Gasteiger partial charge in [0.2, 0.25) is 0 Å². The highest BCUT2D eigenvalue weighted by molar-refractivity contribution is 9.11. The fourth-order valence-electron chi connectivity index (χ4n) is 1.60. The molecule has 0 unspecified atom stereocenters. The van der Waals surface area contributed by atoms with Crippen LogP contribution in [0, 0.1) is 0 Å². The third-order valence-electron chi connectivity index (χ3n) is 2.45. The van der Waals surface area contributed by atoms with Crippen molar-refractivity contribution in [1.82, 2.24) is 9.88 Å². The van der Waals surface area contributed by atoms with Crippen molar-refractivity contribution in [2.75, 3.05) is 6.54 Å². The summed E-state index contributed by atoms with van der Waals surface area (Å²) in [5.41, 5.74) is 0.642. The number of hydrogen-bond acceptors (Lipinski definition) is 1. The van der Waals surface area contributed by atoms with Gasteiger partial charge in [-0.2, -0.15) is 0 Å². The fraction of sp³-hybridized carbons (Fsp3) is 0.154. The van der Waals surface area contributed by atoms with E-state index in [1.54, 1.807) is 12.1 Å². The van der Waals surface area contributed by atoms with Crippen molar-refractivity contribution in [3.05, 3.63) is 57.2 Å². The zero-order valence-electron chi connectivity index (χ0n) is 9.57. The summed E-state index contributed by atoms with van der Waals surface area (Å²) in [7, 11) is 0. The molecule has 0 bridgehead atoms. The molecule has 0 aliphatic heterocycles. The average molecular weight is 372 g/mol. The predicted molar refractivity (Wildman–Crippen MR) is 78.6 cm³/mol. The molecule has 0 saturated carbocycles. The van der Waals surface area contributed by atoms with Crippen molar-refractivity contribution in [3.63, 3.8) is 0 Å². The van der Waals surface area contributed by atoms with Gasteiger partial charge >= 0.3 is 0 Å². The van der Waals surface area contributed by atoms with Crippen LogP contribution >= 0.6 is 31.9 Å². The smallest absolute Gasteiger partial charge is 0.251 e. The first-order chi connectivity index (χ1) is 8.65. The summed E-state index contributed by atoms with van der Waals surface area (Å²) in [6, 6.07) is 9.43. The van der Waals surface area contributed by atoms with Gasteiger partial charge in [-0.05, 0) is 30.3 Å². The summed E-state index contributed by atoms with van der Waals surface area (Å²) in [6.07, 6.45) is 3.95. The molecule has 1 aromatic heterocycles. The first-order valence-corrected chi connectivity index (χ1v) is 7.09. The van der Waals surface area contributed by atoms with Gasteiger partial charge in [0.1, 0.15) is 0 Å². The van der Waals surface area contributed by atoms with Gasteiger partial charge in [-0.1, -0.05) is 31.9 Å². The van der Waals surface area contributed by atoms with Gasteiger partial charge in [0, 0.05) is 40.0 Å². The third-order valence-corrected chi connectivity index (χ3v) is 3.36. The highest BCUT2D eigenvalue weighted by Crippen LogP contribution is 2.19. The molecular weight excluding hydrogens is 360 g/mol. The fourth-order valence-corrected chi connectivity index (χ4v) is 2.90. The summed E-state index contributed by atoms with van der Waals surface area (Å²) in [5, 5.41) is 2.89. The number of hydrogen-bond donors (Lipinski definition) is 1. The Morgan fingerprint density at radius 2 is 1.72 bits per heavy atom. The Kier molecular flexibility index (Phi) is 4.60. The first kappa shape index (κ1) is 13.4. The highest BCUT2D eigenvalue weighted by Gasteiger charge is 2.06. The van der Waals surface area contributed by atoms with Crippen LogP contribution in [0.5, 0.6) is 0 Å². The van der Waals surface area contributed by atoms with E-state index in [-0.39, 0.29) is 5.91 Å². The number of carbonyl (C=O) groups excluding carboxylic acids is 1. The van der Waals surface area contributed by atoms with Crippen molar-refractivity contribution < 1.29 is 4.79 Å². The van der Waals surface area contributed by atoms with Crippen molar-refractivity contribution in [2.45, 2.75) is 6.54 Å². The van der Waals surface area contributed by atoms with Crippen LogP contribution in [0.15, 0.2) is 51.7 Å². The summed E-state index contributed by atoms with van der Waals surface area (Å²) in [5.74, 6) is -0.0656. The summed E-state index contributed by atoms with van der Waals surface area (Å²) < 4.78 is 3.79. The van der Waals surface area contributed by atoms with E-state index in [4.69, 9.17) is 0 Å². The summed E-state index contributed by atoms with van der Waals surface area (Å²) in [4.78, 5) is 11.9. The molecule has 94 valence electrons. The van der Waals surface area contributed by atoms with E-state index in [1.807, 2.05) is 35.2 Å². The van der Waals surface area contributed by atoms with Gasteiger partial charge in [0.15, 0.2) is 0 Å². The molecule has 5 heteroatoms. The van der Waals surface area contributed by atoms with E-state index in [0.717, 1.165) is 15.5 Å². The Bertz CT molecular complexity index is 518. The Labute approximate surface area is 122 Å². The van der Waals surface area contributed by atoms with Crippen LogP contribution < -0.4 is 5.32 Å². The summed E-state index contributed by atoms with van der Waals surface area (Å²) in [6.45, 7) is 1.38. The molecule has 0 aliphatic rings. The lowest BCUT2D eigenvalue weighted by atomic mass is 10.2. The lowest BCUT2D eigenvalue weighted by Crippen LogP contribution is -2.26. The average Bonchev–Trinajstić information content (AvgIpc) is 2.80. The monoisotopic (exact) mass is 370 g/mol. The van der Waals surface area contributed by atoms with Crippen molar-refractivity contribution in [2.24, 2.45) is 0 Å². The molecule has 1 aromatic carbocycles. The zero-order valence-corrected chi connectivity index (χ0v) is 12.7. The molecule has 3 nitrogen and oxygen atoms in total. The largest absolute Gasteiger partial charge is 0.353 e. The predicted octanol–water partition coefficient (Wildman–Crippen LogP) is 3.44. The van der Waals surface area contributed by atoms with Crippen LogP contribution in [0.1, 0.15) is 10.4 Å². The number of nitrogens with one attached hydrogen (secondary N) is 1. The van der Waals surface area contributed by atoms with Crippen LogP contribution in [0.3, 0.4) is 0 Å². The second-order valence-corrected chi connectivity index (χ2v) is 5.67. The minimum absolute atomic E-state index is 0.0656. The Balaban J connectivity index is 1.91. The van der Waals surface area contributed by atoms with Crippen LogP contribution in [0.2, 0.25) is 0 Å². The van der Waals surface area contributed by atoms with Gasteiger partial charge in [0.05, 0.1) is 0 Å². The van der Waals surface area contributed by atoms with Crippen molar-refractivity contribution in [1.29, 1.82) is 0 Å². The molecule has 18 heavy (non-hydrogen) atoms. The topological polar surface area (TPSA) is 34.0 Å².